The highest BCUT2D eigenvalue weighted by molar-refractivity contribution is 7.99. The second kappa shape index (κ2) is 8.68. The monoisotopic (exact) mass is 436 g/mol. The topological polar surface area (TPSA) is 124 Å². The first-order valence-corrected chi connectivity index (χ1v) is 11.9. The van der Waals surface area contributed by atoms with Gasteiger partial charge in [0.1, 0.15) is 0 Å². The molecule has 1 aromatic heterocycles. The van der Waals surface area contributed by atoms with E-state index in [9.17, 15) is 18.0 Å². The highest BCUT2D eigenvalue weighted by Crippen LogP contribution is 2.26. The number of hydrogen-bond acceptors (Lipinski definition) is 6. The van der Waals surface area contributed by atoms with Gasteiger partial charge in [0.2, 0.25) is 15.9 Å². The molecular weight excluding hydrogens is 412 g/mol. The van der Waals surface area contributed by atoms with Gasteiger partial charge in [0.05, 0.1) is 10.8 Å². The molecule has 0 saturated heterocycles. The highest BCUT2D eigenvalue weighted by Gasteiger charge is 2.27. The van der Waals surface area contributed by atoms with Crippen molar-refractivity contribution in [2.24, 2.45) is 11.1 Å². The number of hydrogen-bond donors (Lipinski definition) is 2. The number of aryl methyl sites for hydroxylation is 1. The summed E-state index contributed by atoms with van der Waals surface area (Å²) in [4.78, 5) is 29.8. The van der Waals surface area contributed by atoms with Crippen molar-refractivity contribution in [3.63, 3.8) is 0 Å². The van der Waals surface area contributed by atoms with Crippen molar-refractivity contribution in [3.05, 3.63) is 51.4 Å². The van der Waals surface area contributed by atoms with Crippen molar-refractivity contribution in [1.29, 1.82) is 0 Å². The van der Waals surface area contributed by atoms with Crippen LogP contribution in [-0.2, 0) is 34.2 Å². The van der Waals surface area contributed by atoms with Gasteiger partial charge in [0, 0.05) is 30.1 Å². The van der Waals surface area contributed by atoms with Crippen LogP contribution in [0.3, 0.4) is 0 Å². The van der Waals surface area contributed by atoms with Crippen LogP contribution in [0.4, 0.5) is 0 Å². The number of benzene rings is 1. The fraction of sp³-hybridized carbons (Fsp3) is 0.421. The molecule has 0 unspecified atom stereocenters. The Bertz CT molecular complexity index is 1080. The van der Waals surface area contributed by atoms with E-state index in [1.54, 1.807) is 16.7 Å². The minimum Gasteiger partial charge on any atom is -0.355 e. The molecule has 1 aliphatic rings. The van der Waals surface area contributed by atoms with E-state index in [-0.39, 0.29) is 22.3 Å². The number of amides is 1. The summed E-state index contributed by atoms with van der Waals surface area (Å²) >= 11 is 1.43. The number of fused-ring (bicyclic) bond motifs is 1. The second-order valence-corrected chi connectivity index (χ2v) is 9.51. The zero-order valence-electron chi connectivity index (χ0n) is 16.3. The van der Waals surface area contributed by atoms with E-state index in [1.807, 2.05) is 13.8 Å². The molecule has 3 N–H and O–H groups in total. The molecule has 2 aromatic rings. The number of sulfonamides is 1. The van der Waals surface area contributed by atoms with E-state index in [0.29, 0.717) is 42.4 Å². The summed E-state index contributed by atoms with van der Waals surface area (Å²) in [6.07, 6.45) is 1.18. The van der Waals surface area contributed by atoms with Gasteiger partial charge < -0.3 is 5.32 Å². The molecule has 8 nitrogen and oxygen atoms in total. The lowest BCUT2D eigenvalue weighted by atomic mass is 10.1. The van der Waals surface area contributed by atoms with Crippen LogP contribution in [0, 0.1) is 12.8 Å². The van der Waals surface area contributed by atoms with Gasteiger partial charge in [-0.1, -0.05) is 30.8 Å². The minimum absolute atomic E-state index is 0.0592. The predicted octanol–water partition coefficient (Wildman–Crippen LogP) is 0.842. The number of nitrogens with two attached hydrogens (primary N) is 1. The Hall–Kier alpha value is -2.17. The molecule has 0 bridgehead atoms. The third-order valence-corrected chi connectivity index (χ3v) is 7.01. The number of primary sulfonamides is 1. The SMILES string of the molecule is CCc1c(C)nc2n(c1=O)C[C@H](C(=O)NCCc1ccc(S(N)(=O)=O)cc1)CS2. The van der Waals surface area contributed by atoms with E-state index in [0.717, 1.165) is 11.3 Å². The minimum atomic E-state index is -3.71. The van der Waals surface area contributed by atoms with Gasteiger partial charge in [-0.2, -0.15) is 0 Å². The van der Waals surface area contributed by atoms with Crippen molar-refractivity contribution in [2.45, 2.75) is 43.3 Å². The van der Waals surface area contributed by atoms with Gasteiger partial charge in [0.25, 0.3) is 5.56 Å². The molecule has 0 spiro atoms. The Kier molecular flexibility index (Phi) is 6.45. The van der Waals surface area contributed by atoms with Crippen LogP contribution in [0.1, 0.15) is 23.7 Å². The first-order valence-electron chi connectivity index (χ1n) is 9.33. The lowest BCUT2D eigenvalue weighted by Crippen LogP contribution is -2.41. The van der Waals surface area contributed by atoms with Crippen molar-refractivity contribution >= 4 is 27.7 Å². The van der Waals surface area contributed by atoms with Gasteiger partial charge in [0.15, 0.2) is 5.16 Å². The second-order valence-electron chi connectivity index (χ2n) is 6.97. The number of nitrogens with one attached hydrogen (secondary N) is 1. The normalized spacial score (nSPS) is 16.3. The Morgan fingerprint density at radius 2 is 2.03 bits per heavy atom. The van der Waals surface area contributed by atoms with Gasteiger partial charge in [-0.05, 0) is 37.5 Å². The zero-order valence-corrected chi connectivity index (χ0v) is 18.0. The summed E-state index contributed by atoms with van der Waals surface area (Å²) in [5.74, 6) is 0.172. The molecule has 1 aromatic carbocycles. The van der Waals surface area contributed by atoms with Crippen LogP contribution in [0.15, 0.2) is 39.1 Å². The summed E-state index contributed by atoms with van der Waals surface area (Å²) in [7, 11) is -3.71. The van der Waals surface area contributed by atoms with Crippen LogP contribution in [0.2, 0.25) is 0 Å². The highest BCUT2D eigenvalue weighted by atomic mass is 32.2. The van der Waals surface area contributed by atoms with Gasteiger partial charge in [-0.15, -0.1) is 0 Å². The van der Waals surface area contributed by atoms with Crippen LogP contribution in [0.5, 0.6) is 0 Å². The summed E-state index contributed by atoms with van der Waals surface area (Å²) in [6.45, 7) is 4.52. The van der Waals surface area contributed by atoms with Crippen molar-refractivity contribution in [1.82, 2.24) is 14.9 Å². The third-order valence-electron chi connectivity index (χ3n) is 4.94. The molecule has 0 saturated carbocycles. The fourth-order valence-corrected chi connectivity index (χ4v) is 4.92. The first-order chi connectivity index (χ1) is 13.7. The largest absolute Gasteiger partial charge is 0.355 e. The Labute approximate surface area is 174 Å². The molecule has 0 aliphatic carbocycles. The number of carbonyl (C=O) groups excluding carboxylic acids is 1. The molecule has 1 atom stereocenters. The number of rotatable bonds is 6. The molecule has 3 rings (SSSR count). The molecule has 0 radical (unpaired) electrons. The van der Waals surface area contributed by atoms with E-state index >= 15 is 0 Å². The van der Waals surface area contributed by atoms with E-state index in [1.165, 1.54) is 23.9 Å². The van der Waals surface area contributed by atoms with Crippen molar-refractivity contribution < 1.29 is 13.2 Å². The van der Waals surface area contributed by atoms with Gasteiger partial charge >= 0.3 is 0 Å². The summed E-state index contributed by atoms with van der Waals surface area (Å²) in [5.41, 5.74) is 2.28. The quantitative estimate of drug-likeness (QED) is 0.647. The van der Waals surface area contributed by atoms with E-state index in [4.69, 9.17) is 5.14 Å². The summed E-state index contributed by atoms with van der Waals surface area (Å²) < 4.78 is 24.2. The lowest BCUT2D eigenvalue weighted by molar-refractivity contribution is -0.124. The number of nitrogens with zero attached hydrogens (tertiary/aromatic N) is 2. The van der Waals surface area contributed by atoms with Gasteiger partial charge in [-0.3, -0.25) is 14.2 Å². The predicted molar refractivity (Wildman–Crippen MR) is 111 cm³/mol. The van der Waals surface area contributed by atoms with E-state index in [2.05, 4.69) is 10.3 Å². The van der Waals surface area contributed by atoms with Gasteiger partial charge in [-0.25, -0.2) is 18.5 Å². The Morgan fingerprint density at radius 1 is 1.34 bits per heavy atom. The van der Waals surface area contributed by atoms with E-state index < -0.39 is 10.0 Å². The van der Waals surface area contributed by atoms with Crippen LogP contribution in [0.25, 0.3) is 0 Å². The molecule has 1 amide bonds. The summed E-state index contributed by atoms with van der Waals surface area (Å²) in [6, 6.07) is 6.26. The molecule has 1 aliphatic heterocycles. The molecule has 10 heteroatoms. The maximum absolute atomic E-state index is 12.7. The fourth-order valence-electron chi connectivity index (χ4n) is 3.28. The van der Waals surface area contributed by atoms with Crippen LogP contribution in [-0.4, -0.2) is 36.2 Å². The summed E-state index contributed by atoms with van der Waals surface area (Å²) in [5, 5.41) is 8.66. The average Bonchev–Trinajstić information content (AvgIpc) is 2.67. The maximum Gasteiger partial charge on any atom is 0.257 e. The lowest BCUT2D eigenvalue weighted by Gasteiger charge is -2.25. The maximum atomic E-state index is 12.7. The zero-order chi connectivity index (χ0) is 21.2. The molecule has 156 valence electrons. The number of thioether (sulfide) groups is 1. The molecule has 29 heavy (non-hydrogen) atoms. The van der Waals surface area contributed by atoms with Crippen molar-refractivity contribution in [3.8, 4) is 0 Å². The number of carbonyl (C=O) groups is 1. The standard InChI is InChI=1S/C19H24N4O4S2/c1-3-16-12(2)22-19-23(18(16)25)10-14(11-28-19)17(24)21-9-8-13-4-6-15(7-5-13)29(20,26)27/h4-7,14H,3,8-11H2,1-2H3,(H,21,24)(H2,20,26,27)/t14-/m0/s1. The first kappa shape index (κ1) is 21.5. The smallest absolute Gasteiger partial charge is 0.257 e. The number of aromatic nitrogens is 2. The van der Waals surface area contributed by atoms with Crippen molar-refractivity contribution in [2.75, 3.05) is 12.3 Å². The Morgan fingerprint density at radius 3 is 2.66 bits per heavy atom. The average molecular weight is 437 g/mol. The molecule has 2 heterocycles. The molecule has 0 fully saturated rings. The van der Waals surface area contributed by atoms with Crippen LogP contribution < -0.4 is 16.0 Å². The van der Waals surface area contributed by atoms with Crippen LogP contribution >= 0.6 is 11.8 Å². The third kappa shape index (κ3) is 4.88. The Balaban J connectivity index is 1.59. The molecular formula is C19H24N4O4S2.